The maximum absolute atomic E-state index is 4.73. The molecular formula is C12H16N2S. The quantitative estimate of drug-likeness (QED) is 0.758. The summed E-state index contributed by atoms with van der Waals surface area (Å²) in [5, 5.41) is 0. The van der Waals surface area contributed by atoms with Gasteiger partial charge in [-0.25, -0.2) is 4.98 Å². The molecule has 0 fully saturated rings. The number of hydrogen-bond acceptors (Lipinski definition) is 2. The van der Waals surface area contributed by atoms with Gasteiger partial charge in [-0.05, 0) is 31.6 Å². The van der Waals surface area contributed by atoms with Gasteiger partial charge in [-0.2, -0.15) is 0 Å². The van der Waals surface area contributed by atoms with E-state index in [0.29, 0.717) is 5.92 Å². The van der Waals surface area contributed by atoms with Gasteiger partial charge in [-0.3, -0.25) is 4.40 Å². The van der Waals surface area contributed by atoms with Crippen LogP contribution in [0.25, 0.3) is 4.96 Å². The molecule has 1 aliphatic carbocycles. The van der Waals surface area contributed by atoms with Crippen LogP contribution in [0, 0.1) is 0 Å². The van der Waals surface area contributed by atoms with E-state index in [0.717, 1.165) is 0 Å². The van der Waals surface area contributed by atoms with Crippen LogP contribution in [0.5, 0.6) is 0 Å². The molecule has 0 bridgehead atoms. The second-order valence-corrected chi connectivity index (χ2v) is 5.52. The first-order valence-corrected chi connectivity index (χ1v) is 6.60. The van der Waals surface area contributed by atoms with Crippen molar-refractivity contribution in [3.63, 3.8) is 0 Å². The maximum atomic E-state index is 4.73. The van der Waals surface area contributed by atoms with E-state index < -0.39 is 0 Å². The number of imidazole rings is 1. The van der Waals surface area contributed by atoms with Gasteiger partial charge < -0.3 is 0 Å². The Bertz CT molecular complexity index is 495. The zero-order chi connectivity index (χ0) is 10.4. The van der Waals surface area contributed by atoms with Crippen LogP contribution >= 0.6 is 11.3 Å². The molecule has 0 aliphatic heterocycles. The van der Waals surface area contributed by atoms with Crippen LogP contribution in [0.2, 0.25) is 0 Å². The van der Waals surface area contributed by atoms with E-state index in [2.05, 4.69) is 24.4 Å². The summed E-state index contributed by atoms with van der Waals surface area (Å²) in [4.78, 5) is 7.50. The SMILES string of the molecule is CCC(C)c1cn2c3c(sc2n1)CCC3. The molecular weight excluding hydrogens is 204 g/mol. The van der Waals surface area contributed by atoms with Gasteiger partial charge in [0.15, 0.2) is 4.96 Å². The predicted octanol–water partition coefficient (Wildman–Crippen LogP) is 3.40. The van der Waals surface area contributed by atoms with E-state index >= 15 is 0 Å². The molecule has 3 heteroatoms. The van der Waals surface area contributed by atoms with Crippen molar-refractivity contribution in [2.45, 2.75) is 45.4 Å². The third-order valence-corrected chi connectivity index (χ3v) is 4.61. The Balaban J connectivity index is 2.12. The van der Waals surface area contributed by atoms with Crippen molar-refractivity contribution < 1.29 is 0 Å². The van der Waals surface area contributed by atoms with Crippen molar-refractivity contribution in [3.8, 4) is 0 Å². The summed E-state index contributed by atoms with van der Waals surface area (Å²) < 4.78 is 2.33. The molecule has 1 aliphatic rings. The molecule has 0 aromatic carbocycles. The summed E-state index contributed by atoms with van der Waals surface area (Å²) in [6.45, 7) is 4.48. The first-order valence-electron chi connectivity index (χ1n) is 5.79. The first kappa shape index (κ1) is 9.40. The lowest BCUT2D eigenvalue weighted by Crippen LogP contribution is -1.91. The number of hydrogen-bond donors (Lipinski definition) is 0. The van der Waals surface area contributed by atoms with Crippen molar-refractivity contribution >= 4 is 16.3 Å². The van der Waals surface area contributed by atoms with Crippen LogP contribution in [0.15, 0.2) is 6.20 Å². The minimum absolute atomic E-state index is 0.592. The lowest BCUT2D eigenvalue weighted by molar-refractivity contribution is 0.713. The minimum Gasteiger partial charge on any atom is -0.294 e. The molecule has 0 saturated carbocycles. The fraction of sp³-hybridized carbons (Fsp3) is 0.583. The van der Waals surface area contributed by atoms with Crippen molar-refractivity contribution in [1.29, 1.82) is 0 Å². The maximum Gasteiger partial charge on any atom is 0.194 e. The molecule has 0 spiro atoms. The van der Waals surface area contributed by atoms with Gasteiger partial charge >= 0.3 is 0 Å². The molecule has 0 amide bonds. The van der Waals surface area contributed by atoms with Crippen LogP contribution in [0.3, 0.4) is 0 Å². The molecule has 1 unspecified atom stereocenters. The van der Waals surface area contributed by atoms with Crippen molar-refractivity contribution in [2.75, 3.05) is 0 Å². The summed E-state index contributed by atoms with van der Waals surface area (Å²) in [5.41, 5.74) is 2.79. The highest BCUT2D eigenvalue weighted by atomic mass is 32.1. The molecule has 15 heavy (non-hydrogen) atoms. The van der Waals surface area contributed by atoms with Crippen LogP contribution in [-0.4, -0.2) is 9.38 Å². The normalized spacial score (nSPS) is 17.2. The second kappa shape index (κ2) is 3.34. The lowest BCUT2D eigenvalue weighted by Gasteiger charge is -2.01. The summed E-state index contributed by atoms with van der Waals surface area (Å²) >= 11 is 1.89. The van der Waals surface area contributed by atoms with Crippen LogP contribution in [0.1, 0.15) is 48.9 Å². The average molecular weight is 220 g/mol. The molecule has 2 heterocycles. The van der Waals surface area contributed by atoms with E-state index in [1.165, 1.54) is 42.0 Å². The number of rotatable bonds is 2. The summed E-state index contributed by atoms with van der Waals surface area (Å²) in [7, 11) is 0. The topological polar surface area (TPSA) is 17.3 Å². The highest BCUT2D eigenvalue weighted by Crippen LogP contribution is 2.32. The molecule has 80 valence electrons. The number of fused-ring (bicyclic) bond motifs is 3. The minimum atomic E-state index is 0.592. The molecule has 2 aromatic heterocycles. The molecule has 2 nitrogen and oxygen atoms in total. The standard InChI is InChI=1S/C12H16N2S/c1-3-8(2)9-7-14-10-5-4-6-11(10)15-12(14)13-9/h7-8H,3-6H2,1-2H3. The van der Waals surface area contributed by atoms with Crippen LogP contribution in [-0.2, 0) is 12.8 Å². The van der Waals surface area contributed by atoms with E-state index in [-0.39, 0.29) is 0 Å². The zero-order valence-electron chi connectivity index (χ0n) is 9.29. The van der Waals surface area contributed by atoms with Crippen LogP contribution < -0.4 is 0 Å². The van der Waals surface area contributed by atoms with Gasteiger partial charge in [-0.1, -0.05) is 13.8 Å². The Kier molecular flexibility index (Phi) is 2.09. The van der Waals surface area contributed by atoms with Crippen molar-refractivity contribution in [1.82, 2.24) is 9.38 Å². The summed E-state index contributed by atoms with van der Waals surface area (Å²) in [6, 6.07) is 0. The van der Waals surface area contributed by atoms with Gasteiger partial charge in [0.05, 0.1) is 5.69 Å². The fourth-order valence-corrected chi connectivity index (χ4v) is 3.46. The van der Waals surface area contributed by atoms with Gasteiger partial charge in [0, 0.05) is 16.8 Å². The third-order valence-electron chi connectivity index (χ3n) is 3.45. The van der Waals surface area contributed by atoms with Gasteiger partial charge in [-0.15, -0.1) is 11.3 Å². The largest absolute Gasteiger partial charge is 0.294 e. The molecule has 3 rings (SSSR count). The Labute approximate surface area is 94.0 Å². The average Bonchev–Trinajstić information content (AvgIpc) is 2.85. The highest BCUT2D eigenvalue weighted by Gasteiger charge is 2.20. The number of nitrogens with zero attached hydrogens (tertiary/aromatic N) is 2. The van der Waals surface area contributed by atoms with E-state index in [1.54, 1.807) is 4.88 Å². The van der Waals surface area contributed by atoms with Crippen LogP contribution in [0.4, 0.5) is 0 Å². The molecule has 0 saturated heterocycles. The van der Waals surface area contributed by atoms with E-state index in [1.807, 2.05) is 11.3 Å². The van der Waals surface area contributed by atoms with Gasteiger partial charge in [0.2, 0.25) is 0 Å². The predicted molar refractivity (Wildman–Crippen MR) is 63.8 cm³/mol. The fourth-order valence-electron chi connectivity index (χ4n) is 2.27. The van der Waals surface area contributed by atoms with E-state index in [9.17, 15) is 0 Å². The number of aryl methyl sites for hydroxylation is 2. The number of thiazole rings is 1. The smallest absolute Gasteiger partial charge is 0.194 e. The third kappa shape index (κ3) is 1.33. The van der Waals surface area contributed by atoms with Crippen molar-refractivity contribution in [2.24, 2.45) is 0 Å². The first-order chi connectivity index (χ1) is 7.29. The Hall–Kier alpha value is -0.830. The highest BCUT2D eigenvalue weighted by molar-refractivity contribution is 7.17. The van der Waals surface area contributed by atoms with Gasteiger partial charge in [0.25, 0.3) is 0 Å². The van der Waals surface area contributed by atoms with Gasteiger partial charge in [0.1, 0.15) is 0 Å². The lowest BCUT2D eigenvalue weighted by atomic mass is 10.1. The molecule has 0 N–H and O–H groups in total. The Morgan fingerprint density at radius 1 is 1.53 bits per heavy atom. The second-order valence-electron chi connectivity index (χ2n) is 4.45. The Morgan fingerprint density at radius 3 is 3.20 bits per heavy atom. The van der Waals surface area contributed by atoms with E-state index in [4.69, 9.17) is 4.98 Å². The zero-order valence-corrected chi connectivity index (χ0v) is 10.1. The van der Waals surface area contributed by atoms with Crippen molar-refractivity contribution in [3.05, 3.63) is 22.5 Å². The Morgan fingerprint density at radius 2 is 2.40 bits per heavy atom. The molecule has 0 radical (unpaired) electrons. The summed E-state index contributed by atoms with van der Waals surface area (Å²) in [5.74, 6) is 0.592. The molecule has 2 aromatic rings. The monoisotopic (exact) mass is 220 g/mol. The molecule has 1 atom stereocenters. The summed E-state index contributed by atoms with van der Waals surface area (Å²) in [6.07, 6.45) is 7.26. The number of aromatic nitrogens is 2.